The van der Waals surface area contributed by atoms with Gasteiger partial charge in [-0.25, -0.2) is 8.42 Å². The second-order valence-corrected chi connectivity index (χ2v) is 9.25. The molecule has 0 spiro atoms. The number of hydrogen-bond acceptors (Lipinski definition) is 7. The molecular weight excluding hydrogens is 440 g/mol. The fraction of sp³-hybridized carbons (Fsp3) is 0.550. The quantitative estimate of drug-likeness (QED) is 0.543. The highest BCUT2D eigenvalue weighted by atomic mass is 32.2. The summed E-state index contributed by atoms with van der Waals surface area (Å²) in [5.74, 6) is -1.03. The van der Waals surface area contributed by atoms with Crippen LogP contribution in [0.5, 0.6) is 5.75 Å². The van der Waals surface area contributed by atoms with Gasteiger partial charge in [-0.1, -0.05) is 0 Å². The maximum Gasteiger partial charge on any atom is 0.312 e. The molecule has 1 aromatic rings. The number of sulfonamides is 1. The summed E-state index contributed by atoms with van der Waals surface area (Å²) in [6.45, 7) is 3.91. The molecule has 2 fully saturated rings. The molecule has 2 heterocycles. The highest BCUT2D eigenvalue weighted by Gasteiger charge is 2.33. The van der Waals surface area contributed by atoms with E-state index in [1.165, 1.54) is 53.0 Å². The van der Waals surface area contributed by atoms with E-state index in [2.05, 4.69) is 4.72 Å². The lowest BCUT2D eigenvalue weighted by Crippen LogP contribution is -2.57. The van der Waals surface area contributed by atoms with E-state index in [0.717, 1.165) is 0 Å². The van der Waals surface area contributed by atoms with E-state index in [1.807, 2.05) is 0 Å². The van der Waals surface area contributed by atoms with Gasteiger partial charge in [0, 0.05) is 39.3 Å². The summed E-state index contributed by atoms with van der Waals surface area (Å²) in [5.41, 5.74) is 0. The van der Waals surface area contributed by atoms with E-state index in [9.17, 15) is 22.8 Å². The third-order valence-electron chi connectivity index (χ3n) is 5.43. The number of methoxy groups -OCH3 is 1. The molecule has 12 heteroatoms. The van der Waals surface area contributed by atoms with Crippen LogP contribution in [0.15, 0.2) is 29.2 Å². The summed E-state index contributed by atoms with van der Waals surface area (Å²) in [6, 6.07) is 4.85. The summed E-state index contributed by atoms with van der Waals surface area (Å²) in [4.78, 5) is 42.0. The third-order valence-corrected chi connectivity index (χ3v) is 6.99. The summed E-state index contributed by atoms with van der Waals surface area (Å²) in [6.07, 6.45) is 0. The van der Waals surface area contributed by atoms with Crippen LogP contribution in [0.3, 0.4) is 0 Å². The number of nitrogens with zero attached hydrogens (tertiary/aromatic N) is 3. The van der Waals surface area contributed by atoms with Crippen molar-refractivity contribution >= 4 is 27.7 Å². The number of rotatable bonds is 5. The number of hydrogen-bond donors (Lipinski definition) is 1. The fourth-order valence-corrected chi connectivity index (χ4v) is 4.74. The molecule has 2 aliphatic heterocycles. The molecule has 0 aliphatic carbocycles. The highest BCUT2D eigenvalue weighted by molar-refractivity contribution is 7.89. The zero-order valence-corrected chi connectivity index (χ0v) is 19.0. The molecular formula is C20H28N4O7S. The number of amides is 3. The summed E-state index contributed by atoms with van der Waals surface area (Å²) >= 11 is 0. The Hall–Kier alpha value is -2.70. The summed E-state index contributed by atoms with van der Waals surface area (Å²) in [7, 11) is -2.41. The Balaban J connectivity index is 1.52. The van der Waals surface area contributed by atoms with Crippen LogP contribution in [-0.4, -0.2) is 106 Å². The van der Waals surface area contributed by atoms with Gasteiger partial charge >= 0.3 is 11.8 Å². The van der Waals surface area contributed by atoms with Crippen molar-refractivity contribution in [1.82, 2.24) is 19.4 Å². The molecule has 1 atom stereocenters. The van der Waals surface area contributed by atoms with E-state index >= 15 is 0 Å². The van der Waals surface area contributed by atoms with Crippen LogP contribution in [0.25, 0.3) is 0 Å². The number of piperazine rings is 1. The third kappa shape index (κ3) is 5.56. The van der Waals surface area contributed by atoms with Crippen molar-refractivity contribution in [2.45, 2.75) is 17.9 Å². The van der Waals surface area contributed by atoms with Crippen molar-refractivity contribution in [3.8, 4) is 5.75 Å². The van der Waals surface area contributed by atoms with Gasteiger partial charge in [-0.3, -0.25) is 14.4 Å². The Labute approximate surface area is 187 Å². The number of ether oxygens (including phenoxy) is 2. The average molecular weight is 469 g/mol. The summed E-state index contributed by atoms with van der Waals surface area (Å²) in [5, 5.41) is 0. The molecule has 176 valence electrons. The first-order valence-electron chi connectivity index (χ1n) is 10.3. The molecule has 2 saturated heterocycles. The van der Waals surface area contributed by atoms with Crippen LogP contribution in [0, 0.1) is 0 Å². The Morgan fingerprint density at radius 1 is 0.906 bits per heavy atom. The maximum atomic E-state index is 12.8. The van der Waals surface area contributed by atoms with Gasteiger partial charge in [-0.15, -0.1) is 0 Å². The van der Waals surface area contributed by atoms with E-state index in [-0.39, 0.29) is 31.1 Å². The molecule has 11 nitrogen and oxygen atoms in total. The minimum atomic E-state index is -3.89. The first kappa shape index (κ1) is 24.0. The van der Waals surface area contributed by atoms with Gasteiger partial charge in [-0.05, 0) is 31.2 Å². The van der Waals surface area contributed by atoms with Gasteiger partial charge in [0.25, 0.3) is 0 Å². The molecule has 3 amide bonds. The van der Waals surface area contributed by atoms with Crippen molar-refractivity contribution < 1.29 is 32.3 Å². The van der Waals surface area contributed by atoms with E-state index < -0.39 is 33.8 Å². The molecule has 32 heavy (non-hydrogen) atoms. The van der Waals surface area contributed by atoms with Crippen LogP contribution >= 0.6 is 0 Å². The smallest absolute Gasteiger partial charge is 0.312 e. The first-order chi connectivity index (χ1) is 15.2. The number of carbonyl (C=O) groups excluding carboxylic acids is 3. The predicted molar refractivity (Wildman–Crippen MR) is 113 cm³/mol. The molecule has 0 radical (unpaired) electrons. The molecule has 0 bridgehead atoms. The van der Waals surface area contributed by atoms with Crippen LogP contribution in [0.1, 0.15) is 6.92 Å². The van der Waals surface area contributed by atoms with Crippen LogP contribution in [0.4, 0.5) is 0 Å². The fourth-order valence-electron chi connectivity index (χ4n) is 3.55. The van der Waals surface area contributed by atoms with Crippen LogP contribution in [-0.2, 0) is 29.1 Å². The number of carbonyl (C=O) groups is 3. The van der Waals surface area contributed by atoms with Gasteiger partial charge in [0.2, 0.25) is 15.9 Å². The van der Waals surface area contributed by atoms with E-state index in [4.69, 9.17) is 9.47 Å². The second kappa shape index (κ2) is 10.3. The summed E-state index contributed by atoms with van der Waals surface area (Å²) < 4.78 is 37.7. The standard InChI is InChI=1S/C20H28N4O7S/c1-15(21-32(28,29)17-5-3-16(30-2)4-6-17)18(25)22-7-9-23(10-8-22)19(26)20(27)24-11-13-31-14-12-24/h3-6,15,21H,7-14H2,1-2H3/t15-/m0/s1. The van der Waals surface area contributed by atoms with Gasteiger partial charge in [0.05, 0.1) is 31.3 Å². The van der Waals surface area contributed by atoms with Crippen molar-refractivity contribution in [2.24, 2.45) is 0 Å². The lowest BCUT2D eigenvalue weighted by atomic mass is 10.2. The number of morpholine rings is 1. The molecule has 1 N–H and O–H groups in total. The van der Waals surface area contributed by atoms with Gasteiger partial charge < -0.3 is 24.2 Å². The Bertz CT molecular complexity index is 937. The van der Waals surface area contributed by atoms with Crippen molar-refractivity contribution in [3.63, 3.8) is 0 Å². The predicted octanol–water partition coefficient (Wildman–Crippen LogP) is -1.11. The van der Waals surface area contributed by atoms with Crippen molar-refractivity contribution in [2.75, 3.05) is 59.6 Å². The topological polar surface area (TPSA) is 126 Å². The van der Waals surface area contributed by atoms with E-state index in [0.29, 0.717) is 32.1 Å². The Kier molecular flexibility index (Phi) is 7.69. The molecule has 3 rings (SSSR count). The Morgan fingerprint density at radius 3 is 1.94 bits per heavy atom. The second-order valence-electron chi connectivity index (χ2n) is 7.54. The average Bonchev–Trinajstić information content (AvgIpc) is 2.83. The zero-order chi connectivity index (χ0) is 23.3. The largest absolute Gasteiger partial charge is 0.497 e. The SMILES string of the molecule is COc1ccc(S(=O)(=O)N[C@@H](C)C(=O)N2CCN(C(=O)C(=O)N3CCOCC3)CC2)cc1. The number of nitrogens with one attached hydrogen (secondary N) is 1. The monoisotopic (exact) mass is 468 g/mol. The molecule has 2 aliphatic rings. The zero-order valence-electron chi connectivity index (χ0n) is 18.2. The van der Waals surface area contributed by atoms with Crippen molar-refractivity contribution in [1.29, 1.82) is 0 Å². The minimum Gasteiger partial charge on any atom is -0.497 e. The maximum absolute atomic E-state index is 12.8. The molecule has 1 aromatic carbocycles. The van der Waals surface area contributed by atoms with Crippen LogP contribution < -0.4 is 9.46 Å². The molecule has 0 aromatic heterocycles. The van der Waals surface area contributed by atoms with Gasteiger partial charge in [0.15, 0.2) is 0 Å². The first-order valence-corrected chi connectivity index (χ1v) is 11.8. The van der Waals surface area contributed by atoms with Crippen LogP contribution in [0.2, 0.25) is 0 Å². The molecule has 0 unspecified atom stereocenters. The minimum absolute atomic E-state index is 0.0231. The normalized spacial score (nSPS) is 18.2. The van der Waals surface area contributed by atoms with Gasteiger partial charge in [0.1, 0.15) is 5.75 Å². The van der Waals surface area contributed by atoms with Crippen molar-refractivity contribution in [3.05, 3.63) is 24.3 Å². The molecule has 0 saturated carbocycles. The van der Waals surface area contributed by atoms with E-state index in [1.54, 1.807) is 0 Å². The van der Waals surface area contributed by atoms with Gasteiger partial charge in [-0.2, -0.15) is 4.72 Å². The number of benzene rings is 1. The lowest BCUT2D eigenvalue weighted by molar-refractivity contribution is -0.155. The highest BCUT2D eigenvalue weighted by Crippen LogP contribution is 2.16. The lowest BCUT2D eigenvalue weighted by Gasteiger charge is -2.36. The Morgan fingerprint density at radius 2 is 1.41 bits per heavy atom.